The van der Waals surface area contributed by atoms with Crippen molar-refractivity contribution in [1.29, 1.82) is 0 Å². The third-order valence-corrected chi connectivity index (χ3v) is 2.94. The molecule has 0 saturated carbocycles. The topological polar surface area (TPSA) is 93.8 Å². The van der Waals surface area contributed by atoms with Crippen LogP contribution in [0.4, 0.5) is 17.1 Å². The molecule has 0 aliphatic carbocycles. The number of rotatable bonds is 5. The van der Waals surface area contributed by atoms with Gasteiger partial charge in [-0.1, -0.05) is 0 Å². The number of benzene rings is 2. The molecule has 2 rings (SSSR count). The van der Waals surface area contributed by atoms with Gasteiger partial charge in [0.05, 0.1) is 25.5 Å². The molecular formula is C15H16N2O4. The second-order valence-corrected chi connectivity index (χ2v) is 4.30. The van der Waals surface area contributed by atoms with Crippen LogP contribution >= 0.6 is 0 Å². The van der Waals surface area contributed by atoms with Crippen LogP contribution in [0.1, 0.15) is 10.4 Å². The fourth-order valence-corrected chi connectivity index (χ4v) is 1.92. The normalized spacial score (nSPS) is 10.0. The number of anilines is 3. The van der Waals surface area contributed by atoms with Crippen LogP contribution < -0.4 is 20.5 Å². The molecule has 21 heavy (non-hydrogen) atoms. The molecule has 6 heteroatoms. The van der Waals surface area contributed by atoms with E-state index in [2.05, 4.69) is 5.32 Å². The SMILES string of the molecule is COc1ccc(Nc2ccc(N)cc2C(=O)O)cc1OC. The fourth-order valence-electron chi connectivity index (χ4n) is 1.92. The number of aromatic carboxylic acids is 1. The largest absolute Gasteiger partial charge is 0.493 e. The third-order valence-electron chi connectivity index (χ3n) is 2.94. The molecule has 0 aromatic heterocycles. The highest BCUT2D eigenvalue weighted by molar-refractivity contribution is 5.96. The van der Waals surface area contributed by atoms with Gasteiger partial charge in [-0.15, -0.1) is 0 Å². The molecule has 0 bridgehead atoms. The maximum atomic E-state index is 11.2. The first-order chi connectivity index (χ1) is 10.0. The van der Waals surface area contributed by atoms with Crippen molar-refractivity contribution in [3.05, 3.63) is 42.0 Å². The lowest BCUT2D eigenvalue weighted by Crippen LogP contribution is -2.04. The Bertz CT molecular complexity index is 671. The standard InChI is InChI=1S/C15H16N2O4/c1-20-13-6-4-10(8-14(13)21-2)17-12-5-3-9(16)7-11(12)15(18)19/h3-8,17H,16H2,1-2H3,(H,18,19). The highest BCUT2D eigenvalue weighted by atomic mass is 16.5. The van der Waals surface area contributed by atoms with Crippen molar-refractivity contribution in [2.24, 2.45) is 0 Å². The van der Waals surface area contributed by atoms with E-state index in [9.17, 15) is 9.90 Å². The summed E-state index contributed by atoms with van der Waals surface area (Å²) in [5.41, 5.74) is 7.24. The van der Waals surface area contributed by atoms with E-state index >= 15 is 0 Å². The van der Waals surface area contributed by atoms with Gasteiger partial charge in [0.15, 0.2) is 11.5 Å². The molecule has 0 radical (unpaired) electrons. The maximum Gasteiger partial charge on any atom is 0.337 e. The van der Waals surface area contributed by atoms with Gasteiger partial charge in [-0.3, -0.25) is 0 Å². The predicted octanol–water partition coefficient (Wildman–Crippen LogP) is 2.73. The molecule has 0 heterocycles. The predicted molar refractivity (Wildman–Crippen MR) is 80.6 cm³/mol. The van der Waals surface area contributed by atoms with Crippen LogP contribution in [0.25, 0.3) is 0 Å². The van der Waals surface area contributed by atoms with Gasteiger partial charge in [0.25, 0.3) is 0 Å². The molecule has 0 aliphatic rings. The van der Waals surface area contributed by atoms with Crippen LogP contribution in [0.5, 0.6) is 11.5 Å². The molecule has 0 amide bonds. The van der Waals surface area contributed by atoms with Crippen molar-refractivity contribution < 1.29 is 19.4 Å². The molecule has 2 aromatic carbocycles. The first-order valence-corrected chi connectivity index (χ1v) is 6.17. The van der Waals surface area contributed by atoms with Gasteiger partial charge >= 0.3 is 5.97 Å². The van der Waals surface area contributed by atoms with E-state index in [1.165, 1.54) is 13.2 Å². The molecule has 6 nitrogen and oxygen atoms in total. The van der Waals surface area contributed by atoms with Crippen molar-refractivity contribution in [2.45, 2.75) is 0 Å². The zero-order valence-electron chi connectivity index (χ0n) is 11.7. The Morgan fingerprint density at radius 1 is 1.10 bits per heavy atom. The number of carboxylic acids is 1. The van der Waals surface area contributed by atoms with E-state index in [4.69, 9.17) is 15.2 Å². The van der Waals surface area contributed by atoms with E-state index in [0.717, 1.165) is 0 Å². The Kier molecular flexibility index (Phi) is 4.18. The number of carboxylic acid groups (broad SMARTS) is 1. The average molecular weight is 288 g/mol. The van der Waals surface area contributed by atoms with Gasteiger partial charge < -0.3 is 25.6 Å². The summed E-state index contributed by atoms with van der Waals surface area (Å²) in [5, 5.41) is 12.2. The Morgan fingerprint density at radius 3 is 2.43 bits per heavy atom. The minimum absolute atomic E-state index is 0.102. The van der Waals surface area contributed by atoms with Crippen LogP contribution in [0.2, 0.25) is 0 Å². The van der Waals surface area contributed by atoms with Gasteiger partial charge in [-0.05, 0) is 30.3 Å². The van der Waals surface area contributed by atoms with Crippen molar-refractivity contribution in [1.82, 2.24) is 0 Å². The van der Waals surface area contributed by atoms with Crippen molar-refractivity contribution >= 4 is 23.0 Å². The average Bonchev–Trinajstić information content (AvgIpc) is 2.48. The second kappa shape index (κ2) is 6.04. The van der Waals surface area contributed by atoms with Crippen LogP contribution in [0.15, 0.2) is 36.4 Å². The van der Waals surface area contributed by atoms with Crippen molar-refractivity contribution in [2.75, 3.05) is 25.3 Å². The number of nitrogens with two attached hydrogens (primary N) is 1. The van der Waals surface area contributed by atoms with Crippen molar-refractivity contribution in [3.63, 3.8) is 0 Å². The molecule has 0 fully saturated rings. The highest BCUT2D eigenvalue weighted by Crippen LogP contribution is 2.32. The molecule has 0 unspecified atom stereocenters. The van der Waals surface area contributed by atoms with Crippen molar-refractivity contribution in [3.8, 4) is 11.5 Å². The van der Waals surface area contributed by atoms with E-state index in [1.807, 2.05) is 0 Å². The molecule has 4 N–H and O–H groups in total. The smallest absolute Gasteiger partial charge is 0.337 e. The summed E-state index contributed by atoms with van der Waals surface area (Å²) >= 11 is 0. The number of nitrogen functional groups attached to an aromatic ring is 1. The highest BCUT2D eigenvalue weighted by Gasteiger charge is 2.12. The minimum atomic E-state index is -1.05. The summed E-state index contributed by atoms with van der Waals surface area (Å²) < 4.78 is 10.4. The third kappa shape index (κ3) is 3.17. The minimum Gasteiger partial charge on any atom is -0.493 e. The summed E-state index contributed by atoms with van der Waals surface area (Å²) in [7, 11) is 3.08. The van der Waals surface area contributed by atoms with E-state index < -0.39 is 5.97 Å². The number of carbonyl (C=O) groups is 1. The lowest BCUT2D eigenvalue weighted by atomic mass is 10.1. The Hall–Kier alpha value is -2.89. The van der Waals surface area contributed by atoms with Gasteiger partial charge in [0.2, 0.25) is 0 Å². The molecular weight excluding hydrogens is 272 g/mol. The van der Waals surface area contributed by atoms with Crippen LogP contribution in [-0.2, 0) is 0 Å². The molecule has 110 valence electrons. The van der Waals surface area contributed by atoms with Crippen LogP contribution in [0, 0.1) is 0 Å². The number of ether oxygens (including phenoxy) is 2. The van der Waals surface area contributed by atoms with Crippen LogP contribution in [0.3, 0.4) is 0 Å². The van der Waals surface area contributed by atoms with Gasteiger partial charge in [-0.2, -0.15) is 0 Å². The summed E-state index contributed by atoms with van der Waals surface area (Å²) in [5.74, 6) is 0.0962. The molecule has 0 saturated heterocycles. The van der Waals surface area contributed by atoms with Crippen LogP contribution in [-0.4, -0.2) is 25.3 Å². The van der Waals surface area contributed by atoms with E-state index in [-0.39, 0.29) is 5.56 Å². The van der Waals surface area contributed by atoms with E-state index in [0.29, 0.717) is 28.6 Å². The van der Waals surface area contributed by atoms with Gasteiger partial charge in [0.1, 0.15) is 0 Å². The zero-order valence-corrected chi connectivity index (χ0v) is 11.7. The Morgan fingerprint density at radius 2 is 1.81 bits per heavy atom. The molecule has 0 aliphatic heterocycles. The molecule has 0 atom stereocenters. The monoisotopic (exact) mass is 288 g/mol. The summed E-state index contributed by atoms with van der Waals surface area (Å²) in [6, 6.07) is 9.89. The molecule has 0 spiro atoms. The quantitative estimate of drug-likeness (QED) is 0.732. The lowest BCUT2D eigenvalue weighted by molar-refractivity contribution is 0.0698. The fraction of sp³-hybridized carbons (Fsp3) is 0.133. The summed E-state index contributed by atoms with van der Waals surface area (Å²) in [4.78, 5) is 11.2. The van der Waals surface area contributed by atoms with Gasteiger partial charge in [-0.25, -0.2) is 4.79 Å². The number of nitrogens with one attached hydrogen (secondary N) is 1. The Balaban J connectivity index is 2.36. The van der Waals surface area contributed by atoms with Gasteiger partial charge in [0, 0.05) is 17.4 Å². The summed E-state index contributed by atoms with van der Waals surface area (Å²) in [6.07, 6.45) is 0. The first kappa shape index (κ1) is 14.5. The number of hydrogen-bond acceptors (Lipinski definition) is 5. The Labute approximate surface area is 122 Å². The summed E-state index contributed by atoms with van der Waals surface area (Å²) in [6.45, 7) is 0. The zero-order chi connectivity index (χ0) is 15.4. The lowest BCUT2D eigenvalue weighted by Gasteiger charge is -2.13. The maximum absolute atomic E-state index is 11.2. The van der Waals surface area contributed by atoms with E-state index in [1.54, 1.807) is 37.4 Å². The number of hydrogen-bond donors (Lipinski definition) is 3. The molecule has 2 aromatic rings. The number of methoxy groups -OCH3 is 2. The second-order valence-electron chi connectivity index (χ2n) is 4.30. The first-order valence-electron chi connectivity index (χ1n) is 6.17.